The van der Waals surface area contributed by atoms with E-state index in [0.717, 1.165) is 25.8 Å². The van der Waals surface area contributed by atoms with Gasteiger partial charge in [-0.3, -0.25) is 4.79 Å². The van der Waals surface area contributed by atoms with Gasteiger partial charge in [0.25, 0.3) is 5.91 Å². The number of nitrogens with one attached hydrogen (secondary N) is 2. The van der Waals surface area contributed by atoms with Gasteiger partial charge in [-0.25, -0.2) is 9.97 Å². The van der Waals surface area contributed by atoms with E-state index in [4.69, 9.17) is 0 Å². The van der Waals surface area contributed by atoms with Crippen LogP contribution in [0.2, 0.25) is 0 Å². The largest absolute Gasteiger partial charge is 0.369 e. The molecule has 0 saturated carbocycles. The summed E-state index contributed by atoms with van der Waals surface area (Å²) in [5, 5.41) is 6.03. The van der Waals surface area contributed by atoms with Crippen LogP contribution in [0.4, 0.5) is 5.82 Å². The third-order valence-corrected chi connectivity index (χ3v) is 3.15. The fourth-order valence-electron chi connectivity index (χ4n) is 1.69. The van der Waals surface area contributed by atoms with E-state index >= 15 is 0 Å². The predicted molar refractivity (Wildman–Crippen MR) is 77.2 cm³/mol. The fourth-order valence-corrected chi connectivity index (χ4v) is 1.69. The van der Waals surface area contributed by atoms with Crippen molar-refractivity contribution in [2.75, 3.05) is 18.4 Å². The van der Waals surface area contributed by atoms with Crippen LogP contribution in [0.5, 0.6) is 0 Å². The molecule has 5 nitrogen and oxygen atoms in total. The first-order valence-electron chi connectivity index (χ1n) is 7.05. The van der Waals surface area contributed by atoms with Gasteiger partial charge in [0, 0.05) is 13.1 Å². The van der Waals surface area contributed by atoms with Crippen molar-refractivity contribution in [2.45, 2.75) is 40.0 Å². The van der Waals surface area contributed by atoms with E-state index in [-0.39, 0.29) is 5.91 Å². The summed E-state index contributed by atoms with van der Waals surface area (Å²) in [6.07, 6.45) is 6.28. The number of nitrogens with zero attached hydrogens (tertiary/aromatic N) is 2. The highest BCUT2D eigenvalue weighted by Crippen LogP contribution is 2.06. The van der Waals surface area contributed by atoms with Crippen molar-refractivity contribution in [3.05, 3.63) is 18.1 Å². The van der Waals surface area contributed by atoms with Crippen molar-refractivity contribution < 1.29 is 4.79 Å². The minimum atomic E-state index is -0.151. The molecule has 0 aliphatic carbocycles. The molecule has 0 aliphatic rings. The van der Waals surface area contributed by atoms with Gasteiger partial charge in [0.05, 0.1) is 12.4 Å². The van der Waals surface area contributed by atoms with E-state index in [2.05, 4.69) is 41.4 Å². The molecule has 1 aromatic heterocycles. The Morgan fingerprint density at radius 3 is 2.47 bits per heavy atom. The van der Waals surface area contributed by atoms with E-state index in [1.165, 1.54) is 6.20 Å². The quantitative estimate of drug-likeness (QED) is 0.757. The minimum Gasteiger partial charge on any atom is -0.369 e. The molecule has 0 unspecified atom stereocenters. The second-order valence-electron chi connectivity index (χ2n) is 4.61. The summed E-state index contributed by atoms with van der Waals surface area (Å²) in [5.41, 5.74) is 0.369. The summed E-state index contributed by atoms with van der Waals surface area (Å²) in [6.45, 7) is 7.90. The standard InChI is InChI=1S/C14H24N4O/c1-4-7-15-13-10-16-12(9-17-13)14(19)18-8-11(5-2)6-3/h9-11H,4-8H2,1-3H3,(H,15,17)(H,18,19). The van der Waals surface area contributed by atoms with Crippen LogP contribution in [0.1, 0.15) is 50.5 Å². The van der Waals surface area contributed by atoms with Gasteiger partial charge in [0.1, 0.15) is 11.5 Å². The molecule has 106 valence electrons. The lowest BCUT2D eigenvalue weighted by Crippen LogP contribution is -2.29. The van der Waals surface area contributed by atoms with Gasteiger partial charge < -0.3 is 10.6 Å². The molecule has 0 aliphatic heterocycles. The van der Waals surface area contributed by atoms with Crippen molar-refractivity contribution in [1.29, 1.82) is 0 Å². The van der Waals surface area contributed by atoms with Crippen molar-refractivity contribution in [3.8, 4) is 0 Å². The maximum Gasteiger partial charge on any atom is 0.271 e. The summed E-state index contributed by atoms with van der Waals surface area (Å²) >= 11 is 0. The number of carbonyl (C=O) groups excluding carboxylic acids is 1. The lowest BCUT2D eigenvalue weighted by Gasteiger charge is -2.12. The Hall–Kier alpha value is -1.65. The van der Waals surface area contributed by atoms with E-state index in [1.807, 2.05) is 0 Å². The van der Waals surface area contributed by atoms with Crippen LogP contribution in [-0.4, -0.2) is 29.0 Å². The minimum absolute atomic E-state index is 0.151. The number of amides is 1. The average molecular weight is 264 g/mol. The summed E-state index contributed by atoms with van der Waals surface area (Å²) in [6, 6.07) is 0. The van der Waals surface area contributed by atoms with Gasteiger partial charge in [-0.1, -0.05) is 33.6 Å². The molecule has 1 heterocycles. The van der Waals surface area contributed by atoms with Crippen LogP contribution in [0.25, 0.3) is 0 Å². The molecular formula is C14H24N4O. The zero-order valence-corrected chi connectivity index (χ0v) is 12.1. The smallest absolute Gasteiger partial charge is 0.271 e. The number of rotatable bonds is 8. The van der Waals surface area contributed by atoms with Gasteiger partial charge in [-0.2, -0.15) is 0 Å². The Morgan fingerprint density at radius 2 is 1.95 bits per heavy atom. The molecular weight excluding hydrogens is 240 g/mol. The van der Waals surface area contributed by atoms with Crippen LogP contribution < -0.4 is 10.6 Å². The van der Waals surface area contributed by atoms with Crippen molar-refractivity contribution in [1.82, 2.24) is 15.3 Å². The van der Waals surface area contributed by atoms with Crippen molar-refractivity contribution >= 4 is 11.7 Å². The first kappa shape index (κ1) is 15.4. The van der Waals surface area contributed by atoms with Crippen LogP contribution in [0.3, 0.4) is 0 Å². The highest BCUT2D eigenvalue weighted by Gasteiger charge is 2.10. The average Bonchev–Trinajstić information content (AvgIpc) is 2.46. The highest BCUT2D eigenvalue weighted by molar-refractivity contribution is 5.91. The van der Waals surface area contributed by atoms with Gasteiger partial charge in [0.2, 0.25) is 0 Å². The Bertz CT molecular complexity index is 374. The Kier molecular flexibility index (Phi) is 6.85. The number of carbonyl (C=O) groups is 1. The summed E-state index contributed by atoms with van der Waals surface area (Å²) in [4.78, 5) is 20.2. The molecule has 2 N–H and O–H groups in total. The number of aromatic nitrogens is 2. The maximum absolute atomic E-state index is 11.9. The molecule has 1 rings (SSSR count). The SMILES string of the molecule is CCCNc1cnc(C(=O)NCC(CC)CC)cn1. The Labute approximate surface area is 115 Å². The van der Waals surface area contributed by atoms with E-state index in [0.29, 0.717) is 24.0 Å². The zero-order valence-electron chi connectivity index (χ0n) is 12.1. The summed E-state index contributed by atoms with van der Waals surface area (Å²) in [5.74, 6) is 1.09. The molecule has 1 amide bonds. The van der Waals surface area contributed by atoms with Crippen molar-refractivity contribution in [3.63, 3.8) is 0 Å². The molecule has 0 fully saturated rings. The van der Waals surface area contributed by atoms with Crippen molar-refractivity contribution in [2.24, 2.45) is 5.92 Å². The maximum atomic E-state index is 11.9. The molecule has 0 bridgehead atoms. The molecule has 0 radical (unpaired) electrons. The normalized spacial score (nSPS) is 10.5. The molecule has 19 heavy (non-hydrogen) atoms. The second kappa shape index (κ2) is 8.45. The molecule has 0 atom stereocenters. The predicted octanol–water partition coefficient (Wildman–Crippen LogP) is 2.46. The monoisotopic (exact) mass is 264 g/mol. The van der Waals surface area contributed by atoms with Gasteiger partial charge in [0.15, 0.2) is 0 Å². The van der Waals surface area contributed by atoms with Crippen LogP contribution in [-0.2, 0) is 0 Å². The topological polar surface area (TPSA) is 66.9 Å². The zero-order chi connectivity index (χ0) is 14.1. The second-order valence-corrected chi connectivity index (χ2v) is 4.61. The van der Waals surface area contributed by atoms with Crippen LogP contribution in [0.15, 0.2) is 12.4 Å². The number of hydrogen-bond acceptors (Lipinski definition) is 4. The summed E-state index contributed by atoms with van der Waals surface area (Å²) in [7, 11) is 0. The molecule has 0 aromatic carbocycles. The third kappa shape index (κ3) is 5.24. The molecule has 5 heteroatoms. The van der Waals surface area contributed by atoms with Crippen LogP contribution in [0, 0.1) is 5.92 Å². The first-order chi connectivity index (χ1) is 9.21. The first-order valence-corrected chi connectivity index (χ1v) is 7.05. The van der Waals surface area contributed by atoms with Gasteiger partial charge >= 0.3 is 0 Å². The lowest BCUT2D eigenvalue weighted by molar-refractivity contribution is 0.0941. The number of hydrogen-bond donors (Lipinski definition) is 2. The van der Waals surface area contributed by atoms with E-state index in [9.17, 15) is 4.79 Å². The Morgan fingerprint density at radius 1 is 1.21 bits per heavy atom. The molecule has 0 saturated heterocycles. The number of anilines is 1. The third-order valence-electron chi connectivity index (χ3n) is 3.15. The van der Waals surface area contributed by atoms with E-state index in [1.54, 1.807) is 6.20 Å². The molecule has 1 aromatic rings. The van der Waals surface area contributed by atoms with Crippen LogP contribution >= 0.6 is 0 Å². The van der Waals surface area contributed by atoms with Gasteiger partial charge in [-0.05, 0) is 12.3 Å². The fraction of sp³-hybridized carbons (Fsp3) is 0.643. The highest BCUT2D eigenvalue weighted by atomic mass is 16.1. The van der Waals surface area contributed by atoms with Gasteiger partial charge in [-0.15, -0.1) is 0 Å². The Balaban J connectivity index is 2.48. The van der Waals surface area contributed by atoms with E-state index < -0.39 is 0 Å². The lowest BCUT2D eigenvalue weighted by atomic mass is 10.0. The summed E-state index contributed by atoms with van der Waals surface area (Å²) < 4.78 is 0. The molecule has 0 spiro atoms.